The molecule has 5 nitrogen and oxygen atoms in total. The molecule has 0 spiro atoms. The van der Waals surface area contributed by atoms with Gasteiger partial charge in [0.25, 0.3) is 0 Å². The molecule has 3 unspecified atom stereocenters. The van der Waals surface area contributed by atoms with Gasteiger partial charge in [0, 0.05) is 25.0 Å². The number of piperidine rings is 1. The third kappa shape index (κ3) is 5.63. The third-order valence-corrected chi connectivity index (χ3v) is 6.21. The van der Waals surface area contributed by atoms with Gasteiger partial charge in [-0.3, -0.25) is 9.69 Å². The fraction of sp³-hybridized carbons (Fsp3) is 0.750. The lowest BCUT2D eigenvalue weighted by Gasteiger charge is -2.29. The number of furan rings is 1. The average molecular weight is 418 g/mol. The highest BCUT2D eigenvalue weighted by Crippen LogP contribution is 2.32. The van der Waals surface area contributed by atoms with Crippen molar-refractivity contribution in [2.45, 2.75) is 70.0 Å². The summed E-state index contributed by atoms with van der Waals surface area (Å²) in [6.45, 7) is 4.83. The lowest BCUT2D eigenvalue weighted by molar-refractivity contribution is -0.122. The Balaban J connectivity index is 0.00000131. The summed E-state index contributed by atoms with van der Waals surface area (Å²) in [5.74, 6) is 2.68. The SMILES string of the molecule is Cc1ccc(C(CNC(=O)CC2CC3CCC(C2)N3)N2CCCC2)o1.Cl.Cl. The molecule has 2 N–H and O–H groups in total. The molecule has 4 heterocycles. The summed E-state index contributed by atoms with van der Waals surface area (Å²) in [5, 5.41) is 6.86. The third-order valence-electron chi connectivity index (χ3n) is 6.21. The highest BCUT2D eigenvalue weighted by atomic mass is 35.5. The zero-order valence-corrected chi connectivity index (χ0v) is 17.7. The minimum Gasteiger partial charge on any atom is -0.465 e. The maximum Gasteiger partial charge on any atom is 0.220 e. The number of nitrogens with one attached hydrogen (secondary N) is 2. The highest BCUT2D eigenvalue weighted by Gasteiger charge is 2.34. The first-order valence-electron chi connectivity index (χ1n) is 10.0. The zero-order valence-electron chi connectivity index (χ0n) is 16.1. The predicted molar refractivity (Wildman–Crippen MR) is 112 cm³/mol. The smallest absolute Gasteiger partial charge is 0.220 e. The summed E-state index contributed by atoms with van der Waals surface area (Å²) in [5.41, 5.74) is 0. The maximum absolute atomic E-state index is 12.5. The number of carbonyl (C=O) groups excluding carboxylic acids is 1. The Labute approximate surface area is 174 Å². The van der Waals surface area contributed by atoms with Gasteiger partial charge in [0.15, 0.2) is 0 Å². The van der Waals surface area contributed by atoms with Gasteiger partial charge < -0.3 is 15.1 Å². The van der Waals surface area contributed by atoms with Gasteiger partial charge in [-0.1, -0.05) is 0 Å². The Morgan fingerprint density at radius 3 is 2.48 bits per heavy atom. The molecule has 3 fully saturated rings. The van der Waals surface area contributed by atoms with Crippen LogP contribution in [0, 0.1) is 12.8 Å². The fourth-order valence-corrected chi connectivity index (χ4v) is 4.98. The van der Waals surface area contributed by atoms with E-state index >= 15 is 0 Å². The summed E-state index contributed by atoms with van der Waals surface area (Å²) in [7, 11) is 0. The van der Waals surface area contributed by atoms with E-state index in [0.29, 0.717) is 31.0 Å². The summed E-state index contributed by atoms with van der Waals surface area (Å²) in [6, 6.07) is 5.56. The number of hydrogen-bond donors (Lipinski definition) is 2. The van der Waals surface area contributed by atoms with E-state index in [9.17, 15) is 4.79 Å². The van der Waals surface area contributed by atoms with E-state index in [-0.39, 0.29) is 36.8 Å². The number of likely N-dealkylation sites (tertiary alicyclic amines) is 1. The first-order valence-corrected chi connectivity index (χ1v) is 10.0. The molecule has 1 amide bonds. The van der Waals surface area contributed by atoms with Gasteiger partial charge in [0.1, 0.15) is 11.5 Å². The van der Waals surface area contributed by atoms with Gasteiger partial charge in [-0.25, -0.2) is 0 Å². The molecule has 4 rings (SSSR count). The molecule has 154 valence electrons. The number of rotatable bonds is 6. The number of carbonyl (C=O) groups is 1. The molecule has 0 saturated carbocycles. The van der Waals surface area contributed by atoms with Crippen molar-refractivity contribution in [3.63, 3.8) is 0 Å². The van der Waals surface area contributed by atoms with Crippen LogP contribution in [0.1, 0.15) is 62.5 Å². The first kappa shape index (κ1) is 22.5. The topological polar surface area (TPSA) is 57.5 Å². The molecule has 0 radical (unpaired) electrons. The molecule has 1 aromatic rings. The van der Waals surface area contributed by atoms with E-state index in [4.69, 9.17) is 4.42 Å². The van der Waals surface area contributed by atoms with Crippen molar-refractivity contribution in [1.29, 1.82) is 0 Å². The van der Waals surface area contributed by atoms with Crippen LogP contribution in [0.5, 0.6) is 0 Å². The number of amides is 1. The lowest BCUT2D eigenvalue weighted by Crippen LogP contribution is -2.41. The second kappa shape index (κ2) is 10.1. The monoisotopic (exact) mass is 417 g/mol. The van der Waals surface area contributed by atoms with Gasteiger partial charge in [-0.15, -0.1) is 24.8 Å². The van der Waals surface area contributed by atoms with E-state index in [1.54, 1.807) is 0 Å². The maximum atomic E-state index is 12.5. The molecule has 3 atom stereocenters. The van der Waals surface area contributed by atoms with E-state index in [0.717, 1.165) is 37.5 Å². The Bertz CT molecular complexity index is 592. The molecule has 27 heavy (non-hydrogen) atoms. The van der Waals surface area contributed by atoms with Crippen LogP contribution in [-0.4, -0.2) is 42.5 Å². The molecule has 7 heteroatoms. The zero-order chi connectivity index (χ0) is 17.2. The van der Waals surface area contributed by atoms with Crippen molar-refractivity contribution in [2.75, 3.05) is 19.6 Å². The number of fused-ring (bicyclic) bond motifs is 2. The van der Waals surface area contributed by atoms with Crippen LogP contribution >= 0.6 is 24.8 Å². The van der Waals surface area contributed by atoms with Crippen molar-refractivity contribution in [2.24, 2.45) is 5.92 Å². The Hall–Kier alpha value is -0.750. The summed E-state index contributed by atoms with van der Waals surface area (Å²) < 4.78 is 5.88. The van der Waals surface area contributed by atoms with Crippen molar-refractivity contribution in [1.82, 2.24) is 15.5 Å². The van der Waals surface area contributed by atoms with E-state index in [1.165, 1.54) is 25.7 Å². The standard InChI is InChI=1S/C20H31N3O2.2ClH/c1-14-4-7-19(25-14)18(23-8-2-3-9-23)13-21-20(24)12-15-10-16-5-6-17(11-15)22-16;;/h4,7,15-18,22H,2-3,5-6,8-13H2,1H3,(H,21,24);2*1H. The Kier molecular flexibility index (Phi) is 8.47. The molecule has 2 bridgehead atoms. The second-order valence-corrected chi connectivity index (χ2v) is 8.19. The van der Waals surface area contributed by atoms with Crippen molar-refractivity contribution < 1.29 is 9.21 Å². The molecule has 1 aromatic heterocycles. The Morgan fingerprint density at radius 1 is 1.22 bits per heavy atom. The second-order valence-electron chi connectivity index (χ2n) is 8.19. The van der Waals surface area contributed by atoms with Crippen LogP contribution in [0.2, 0.25) is 0 Å². The summed E-state index contributed by atoms with van der Waals surface area (Å²) in [4.78, 5) is 15.0. The van der Waals surface area contributed by atoms with Crippen LogP contribution in [0.25, 0.3) is 0 Å². The van der Waals surface area contributed by atoms with Gasteiger partial charge in [-0.2, -0.15) is 0 Å². The van der Waals surface area contributed by atoms with E-state index in [2.05, 4.69) is 21.6 Å². The molecule has 3 aliphatic heterocycles. The number of nitrogens with zero attached hydrogens (tertiary/aromatic N) is 1. The first-order chi connectivity index (χ1) is 12.2. The quantitative estimate of drug-likeness (QED) is 0.741. The molecular weight excluding hydrogens is 385 g/mol. The van der Waals surface area contributed by atoms with Crippen LogP contribution in [0.15, 0.2) is 16.5 Å². The average Bonchev–Trinajstić information content (AvgIpc) is 3.31. The molecule has 0 aromatic carbocycles. The van der Waals surface area contributed by atoms with Crippen LogP contribution in [-0.2, 0) is 4.79 Å². The highest BCUT2D eigenvalue weighted by molar-refractivity contribution is 5.85. The van der Waals surface area contributed by atoms with Crippen LogP contribution < -0.4 is 10.6 Å². The Morgan fingerprint density at radius 2 is 1.89 bits per heavy atom. The predicted octanol–water partition coefficient (Wildman–Crippen LogP) is 3.61. The van der Waals surface area contributed by atoms with Gasteiger partial charge in [-0.05, 0) is 76.6 Å². The van der Waals surface area contributed by atoms with Crippen molar-refractivity contribution in [3.05, 3.63) is 23.7 Å². The van der Waals surface area contributed by atoms with E-state index in [1.807, 2.05) is 13.0 Å². The molecule has 0 aliphatic carbocycles. The van der Waals surface area contributed by atoms with Gasteiger partial charge in [0.05, 0.1) is 6.04 Å². The van der Waals surface area contributed by atoms with Crippen molar-refractivity contribution >= 4 is 30.7 Å². The minimum atomic E-state index is 0. The van der Waals surface area contributed by atoms with Gasteiger partial charge in [0.2, 0.25) is 5.91 Å². The van der Waals surface area contributed by atoms with Crippen molar-refractivity contribution in [3.8, 4) is 0 Å². The number of aryl methyl sites for hydroxylation is 1. The molecule has 3 saturated heterocycles. The van der Waals surface area contributed by atoms with Gasteiger partial charge >= 0.3 is 0 Å². The fourth-order valence-electron chi connectivity index (χ4n) is 4.98. The largest absolute Gasteiger partial charge is 0.465 e. The normalized spacial score (nSPS) is 28.3. The minimum absolute atomic E-state index is 0. The van der Waals surface area contributed by atoms with Crippen LogP contribution in [0.4, 0.5) is 0 Å². The van der Waals surface area contributed by atoms with E-state index < -0.39 is 0 Å². The number of hydrogen-bond acceptors (Lipinski definition) is 4. The number of halogens is 2. The lowest BCUT2D eigenvalue weighted by atomic mass is 9.89. The molecular formula is C20H33Cl2N3O2. The summed E-state index contributed by atoms with van der Waals surface area (Å²) in [6.07, 6.45) is 8.06. The van der Waals surface area contributed by atoms with Crippen LogP contribution in [0.3, 0.4) is 0 Å². The molecule has 3 aliphatic rings. The summed E-state index contributed by atoms with van der Waals surface area (Å²) >= 11 is 0.